The van der Waals surface area contributed by atoms with E-state index in [0.29, 0.717) is 12.3 Å². The van der Waals surface area contributed by atoms with Crippen LogP contribution in [0.4, 0.5) is 5.69 Å². The summed E-state index contributed by atoms with van der Waals surface area (Å²) in [6.45, 7) is 2.88. The Kier molecular flexibility index (Phi) is 5.24. The lowest BCUT2D eigenvalue weighted by molar-refractivity contribution is -0.122. The number of rotatable bonds is 7. The lowest BCUT2D eigenvalue weighted by Crippen LogP contribution is -2.41. The van der Waals surface area contributed by atoms with Gasteiger partial charge in [0.05, 0.1) is 24.1 Å². The van der Waals surface area contributed by atoms with E-state index >= 15 is 0 Å². The van der Waals surface area contributed by atoms with Gasteiger partial charge in [0.1, 0.15) is 5.75 Å². The molecular formula is C30H29NO3. The van der Waals surface area contributed by atoms with Crippen LogP contribution in [-0.2, 0) is 9.59 Å². The molecule has 1 heterocycles. The van der Waals surface area contributed by atoms with Crippen molar-refractivity contribution in [3.8, 4) is 5.75 Å². The molecule has 0 radical (unpaired) electrons. The molecule has 0 spiro atoms. The van der Waals surface area contributed by atoms with Crippen LogP contribution in [-0.4, -0.2) is 18.4 Å². The molecule has 1 fully saturated rings. The monoisotopic (exact) mass is 451 g/mol. The third-order valence-electron chi connectivity index (χ3n) is 7.81. The Balaban J connectivity index is 1.30. The molecule has 2 atom stereocenters. The number of hydrogen-bond acceptors (Lipinski definition) is 3. The molecular weight excluding hydrogens is 422 g/mol. The van der Waals surface area contributed by atoms with Crippen molar-refractivity contribution in [2.45, 2.75) is 44.4 Å². The quantitative estimate of drug-likeness (QED) is 0.325. The molecule has 34 heavy (non-hydrogen) atoms. The number of carbonyl (C=O) groups excluding carboxylic acids is 2. The smallest absolute Gasteiger partial charge is 0.238 e. The minimum absolute atomic E-state index is 0.0745. The normalized spacial score (nSPS) is 24.1. The van der Waals surface area contributed by atoms with Gasteiger partial charge in [-0.2, -0.15) is 0 Å². The van der Waals surface area contributed by atoms with Gasteiger partial charge in [-0.15, -0.1) is 0 Å². The Morgan fingerprint density at radius 1 is 0.676 bits per heavy atom. The van der Waals surface area contributed by atoms with Gasteiger partial charge >= 0.3 is 0 Å². The molecule has 3 aromatic rings. The van der Waals surface area contributed by atoms with Crippen LogP contribution < -0.4 is 9.64 Å². The van der Waals surface area contributed by atoms with Crippen LogP contribution in [0.3, 0.4) is 0 Å². The number of amides is 2. The number of imide groups is 1. The Morgan fingerprint density at radius 3 is 1.65 bits per heavy atom. The zero-order valence-corrected chi connectivity index (χ0v) is 19.4. The average molecular weight is 452 g/mol. The first kappa shape index (κ1) is 21.2. The molecule has 3 aliphatic carbocycles. The summed E-state index contributed by atoms with van der Waals surface area (Å²) in [7, 11) is 0. The second kappa shape index (κ2) is 8.43. The first-order chi connectivity index (χ1) is 16.7. The topological polar surface area (TPSA) is 46.6 Å². The maximum Gasteiger partial charge on any atom is 0.238 e. The number of benzene rings is 3. The molecule has 1 aliphatic heterocycles. The molecule has 0 N–H and O–H groups in total. The predicted molar refractivity (Wildman–Crippen MR) is 132 cm³/mol. The number of carbonyl (C=O) groups is 2. The van der Waals surface area contributed by atoms with Crippen LogP contribution in [0.1, 0.15) is 66.7 Å². The minimum atomic E-state index is -0.350. The number of nitrogens with zero attached hydrogens (tertiary/aromatic N) is 1. The van der Waals surface area contributed by atoms with Crippen LogP contribution in [0.15, 0.2) is 72.8 Å². The Hall–Kier alpha value is -3.40. The molecule has 2 bridgehead atoms. The van der Waals surface area contributed by atoms with Crippen molar-refractivity contribution in [3.63, 3.8) is 0 Å². The molecule has 7 rings (SSSR count). The van der Waals surface area contributed by atoms with Gasteiger partial charge in [-0.3, -0.25) is 9.59 Å². The highest BCUT2D eigenvalue weighted by Gasteiger charge is 2.61. The van der Waals surface area contributed by atoms with Crippen LogP contribution in [0, 0.1) is 11.8 Å². The van der Waals surface area contributed by atoms with Crippen LogP contribution in [0.2, 0.25) is 0 Å². The Morgan fingerprint density at radius 2 is 1.18 bits per heavy atom. The van der Waals surface area contributed by atoms with E-state index in [4.69, 9.17) is 4.74 Å². The standard InChI is InChI=1S/C30H29NO3/c1-2-3-4-9-18-34-20-16-14-19(15-17-20)31-29(32)27-25-21-10-5-6-11-22(21)26(28(27)30(31)33)24-13-8-7-12-23(24)25/h5-8,10-17,25-28H,2-4,9,18H2,1H3. The first-order valence-corrected chi connectivity index (χ1v) is 12.5. The highest BCUT2D eigenvalue weighted by atomic mass is 16.5. The maximum atomic E-state index is 13.8. The molecule has 2 amide bonds. The fourth-order valence-electron chi connectivity index (χ4n) is 6.34. The summed E-state index contributed by atoms with van der Waals surface area (Å²) in [4.78, 5) is 29.0. The van der Waals surface area contributed by atoms with E-state index in [1.807, 2.05) is 48.5 Å². The summed E-state index contributed by atoms with van der Waals surface area (Å²) in [6, 6.07) is 24.1. The van der Waals surface area contributed by atoms with Gasteiger partial charge in [0.15, 0.2) is 0 Å². The first-order valence-electron chi connectivity index (χ1n) is 12.5. The third-order valence-corrected chi connectivity index (χ3v) is 7.81. The lowest BCUT2D eigenvalue weighted by Gasteiger charge is -2.45. The second-order valence-corrected chi connectivity index (χ2v) is 9.68. The minimum Gasteiger partial charge on any atom is -0.494 e. The molecule has 3 aromatic carbocycles. The molecule has 0 aromatic heterocycles. The van der Waals surface area contributed by atoms with Crippen LogP contribution >= 0.6 is 0 Å². The van der Waals surface area contributed by atoms with Gasteiger partial charge in [0, 0.05) is 11.8 Å². The van der Waals surface area contributed by atoms with Gasteiger partial charge in [-0.1, -0.05) is 74.7 Å². The molecule has 4 nitrogen and oxygen atoms in total. The fourth-order valence-corrected chi connectivity index (χ4v) is 6.34. The molecule has 2 unspecified atom stereocenters. The number of hydrogen-bond donors (Lipinski definition) is 0. The van der Waals surface area contributed by atoms with Crippen molar-refractivity contribution >= 4 is 17.5 Å². The van der Waals surface area contributed by atoms with Crippen molar-refractivity contribution in [3.05, 3.63) is 95.1 Å². The van der Waals surface area contributed by atoms with Gasteiger partial charge < -0.3 is 4.74 Å². The van der Waals surface area contributed by atoms with Gasteiger partial charge in [-0.25, -0.2) is 4.90 Å². The highest BCUT2D eigenvalue weighted by Crippen LogP contribution is 2.61. The number of anilines is 1. The third kappa shape index (κ3) is 3.12. The summed E-state index contributed by atoms with van der Waals surface area (Å²) in [6.07, 6.45) is 4.62. The molecule has 1 saturated heterocycles. The van der Waals surface area contributed by atoms with E-state index in [0.717, 1.165) is 12.2 Å². The SMILES string of the molecule is CCCCCCOc1ccc(N2C(=O)C3C4c5ccccc5C(c5ccccc54)C3C2=O)cc1. The highest BCUT2D eigenvalue weighted by molar-refractivity contribution is 6.23. The van der Waals surface area contributed by atoms with E-state index in [-0.39, 0.29) is 35.5 Å². The average Bonchev–Trinajstić information content (AvgIpc) is 3.15. The van der Waals surface area contributed by atoms with Crippen molar-refractivity contribution in [2.24, 2.45) is 11.8 Å². The predicted octanol–water partition coefficient (Wildman–Crippen LogP) is 6.04. The summed E-state index contributed by atoms with van der Waals surface area (Å²) < 4.78 is 5.86. The maximum absolute atomic E-state index is 13.8. The van der Waals surface area contributed by atoms with E-state index in [2.05, 4.69) is 31.2 Å². The fraction of sp³-hybridized carbons (Fsp3) is 0.333. The van der Waals surface area contributed by atoms with E-state index < -0.39 is 0 Å². The van der Waals surface area contributed by atoms with Crippen molar-refractivity contribution in [1.82, 2.24) is 0 Å². The van der Waals surface area contributed by atoms with Crippen LogP contribution in [0.5, 0.6) is 5.75 Å². The summed E-state index contributed by atoms with van der Waals surface area (Å²) in [5, 5.41) is 0. The zero-order chi connectivity index (χ0) is 23.2. The zero-order valence-electron chi connectivity index (χ0n) is 19.4. The van der Waals surface area contributed by atoms with Crippen LogP contribution in [0.25, 0.3) is 0 Å². The van der Waals surface area contributed by atoms with Gasteiger partial charge in [0.25, 0.3) is 0 Å². The largest absolute Gasteiger partial charge is 0.494 e. The van der Waals surface area contributed by atoms with E-state index in [9.17, 15) is 9.59 Å². The van der Waals surface area contributed by atoms with Gasteiger partial charge in [-0.05, 0) is 52.9 Å². The Labute approximate surface area is 200 Å². The second-order valence-electron chi connectivity index (χ2n) is 9.68. The van der Waals surface area contributed by atoms with Gasteiger partial charge in [0.2, 0.25) is 11.8 Å². The molecule has 4 heteroatoms. The molecule has 172 valence electrons. The summed E-state index contributed by atoms with van der Waals surface area (Å²) in [5.41, 5.74) is 5.42. The van der Waals surface area contributed by atoms with Crippen molar-refractivity contribution in [2.75, 3.05) is 11.5 Å². The summed E-state index contributed by atoms with van der Waals surface area (Å²) in [5.74, 6) is -0.237. The molecule has 4 aliphatic rings. The van der Waals surface area contributed by atoms with E-state index in [1.54, 1.807) is 0 Å². The van der Waals surface area contributed by atoms with Crippen molar-refractivity contribution in [1.29, 1.82) is 0 Å². The van der Waals surface area contributed by atoms with E-state index in [1.165, 1.54) is 46.4 Å². The molecule has 0 saturated carbocycles. The Bertz CT molecular complexity index is 1130. The summed E-state index contributed by atoms with van der Waals surface area (Å²) >= 11 is 0. The lowest BCUT2D eigenvalue weighted by atomic mass is 9.55. The number of ether oxygens (including phenoxy) is 1. The number of unbranched alkanes of at least 4 members (excludes halogenated alkanes) is 3. The van der Waals surface area contributed by atoms with Crippen molar-refractivity contribution < 1.29 is 14.3 Å².